The maximum Gasteiger partial charge on any atom is 0.336 e. The van der Waals surface area contributed by atoms with Crippen LogP contribution in [0.4, 0.5) is 0 Å². The van der Waals surface area contributed by atoms with E-state index in [9.17, 15) is 4.79 Å². The Hall–Kier alpha value is -2.17. The molecule has 2 aromatic rings. The fraction of sp³-hybridized carbons (Fsp3) is 0.357. The SMILES string of the molecule is CC(C)(C)Cc1noc(-c2ccccc2C(=O)O)n1. The molecule has 0 spiro atoms. The van der Waals surface area contributed by atoms with Gasteiger partial charge >= 0.3 is 5.97 Å². The summed E-state index contributed by atoms with van der Waals surface area (Å²) in [6, 6.07) is 6.60. The zero-order valence-electron chi connectivity index (χ0n) is 11.2. The molecule has 1 N–H and O–H groups in total. The summed E-state index contributed by atoms with van der Waals surface area (Å²) in [5.74, 6) is -0.175. The number of hydrogen-bond acceptors (Lipinski definition) is 4. The van der Waals surface area contributed by atoms with E-state index in [1.165, 1.54) is 6.07 Å². The standard InChI is InChI=1S/C14H16N2O3/c1-14(2,3)8-11-15-12(19-16-11)9-6-4-5-7-10(9)13(17)18/h4-7H,8H2,1-3H3,(H,17,18). The molecular weight excluding hydrogens is 244 g/mol. The first-order chi connectivity index (χ1) is 8.87. The lowest BCUT2D eigenvalue weighted by Crippen LogP contribution is -2.10. The lowest BCUT2D eigenvalue weighted by Gasteiger charge is -2.14. The Bertz CT molecular complexity index is 597. The Morgan fingerprint density at radius 2 is 2.00 bits per heavy atom. The average molecular weight is 260 g/mol. The van der Waals surface area contributed by atoms with Gasteiger partial charge in [-0.25, -0.2) is 4.79 Å². The van der Waals surface area contributed by atoms with E-state index in [0.717, 1.165) is 0 Å². The highest BCUT2D eigenvalue weighted by atomic mass is 16.5. The molecule has 0 fully saturated rings. The quantitative estimate of drug-likeness (QED) is 0.917. The molecule has 0 unspecified atom stereocenters. The first-order valence-electron chi connectivity index (χ1n) is 6.02. The van der Waals surface area contributed by atoms with E-state index in [2.05, 4.69) is 30.9 Å². The second kappa shape index (κ2) is 4.84. The zero-order chi connectivity index (χ0) is 14.0. The smallest absolute Gasteiger partial charge is 0.336 e. The van der Waals surface area contributed by atoms with Gasteiger partial charge in [0.1, 0.15) is 0 Å². The third kappa shape index (κ3) is 3.19. The van der Waals surface area contributed by atoms with Gasteiger partial charge in [-0.2, -0.15) is 4.98 Å². The first kappa shape index (κ1) is 13.3. The van der Waals surface area contributed by atoms with Gasteiger partial charge in [0.2, 0.25) is 0 Å². The molecule has 100 valence electrons. The summed E-state index contributed by atoms with van der Waals surface area (Å²) in [6.07, 6.45) is 0.672. The minimum absolute atomic E-state index is 0.0491. The van der Waals surface area contributed by atoms with Crippen molar-refractivity contribution in [3.63, 3.8) is 0 Å². The van der Waals surface area contributed by atoms with Crippen LogP contribution in [0.2, 0.25) is 0 Å². The summed E-state index contributed by atoms with van der Waals surface area (Å²) in [6.45, 7) is 6.23. The van der Waals surface area contributed by atoms with Crippen LogP contribution in [0.15, 0.2) is 28.8 Å². The van der Waals surface area contributed by atoms with Crippen molar-refractivity contribution in [3.8, 4) is 11.5 Å². The molecule has 0 saturated heterocycles. The highest BCUT2D eigenvalue weighted by molar-refractivity contribution is 5.94. The summed E-state index contributed by atoms with van der Waals surface area (Å²) in [5.41, 5.74) is 0.657. The van der Waals surface area contributed by atoms with Crippen molar-refractivity contribution >= 4 is 5.97 Å². The molecule has 19 heavy (non-hydrogen) atoms. The van der Waals surface area contributed by atoms with Crippen molar-refractivity contribution in [2.45, 2.75) is 27.2 Å². The zero-order valence-corrected chi connectivity index (χ0v) is 11.2. The fourth-order valence-electron chi connectivity index (χ4n) is 1.77. The van der Waals surface area contributed by atoms with E-state index in [-0.39, 0.29) is 16.9 Å². The van der Waals surface area contributed by atoms with Crippen LogP contribution in [0.3, 0.4) is 0 Å². The summed E-state index contributed by atoms with van der Waals surface area (Å²) in [7, 11) is 0. The third-order valence-corrected chi connectivity index (χ3v) is 2.54. The average Bonchev–Trinajstić information content (AvgIpc) is 2.75. The van der Waals surface area contributed by atoms with Crippen LogP contribution in [0.25, 0.3) is 11.5 Å². The van der Waals surface area contributed by atoms with E-state index in [0.29, 0.717) is 17.8 Å². The number of carboxylic acid groups (broad SMARTS) is 1. The minimum Gasteiger partial charge on any atom is -0.478 e. The maximum atomic E-state index is 11.1. The molecule has 1 aromatic heterocycles. The number of hydrogen-bond donors (Lipinski definition) is 1. The van der Waals surface area contributed by atoms with Gasteiger partial charge in [-0.3, -0.25) is 0 Å². The Morgan fingerprint density at radius 1 is 1.32 bits per heavy atom. The number of aromatic nitrogens is 2. The van der Waals surface area contributed by atoms with Gasteiger partial charge in [0, 0.05) is 6.42 Å². The van der Waals surface area contributed by atoms with Crippen LogP contribution in [-0.2, 0) is 6.42 Å². The van der Waals surface area contributed by atoms with Gasteiger partial charge in [0.05, 0.1) is 11.1 Å². The Labute approximate surface area is 111 Å². The molecule has 0 aliphatic heterocycles. The van der Waals surface area contributed by atoms with E-state index in [1.807, 2.05) is 0 Å². The van der Waals surface area contributed by atoms with Crippen molar-refractivity contribution < 1.29 is 14.4 Å². The van der Waals surface area contributed by atoms with Gasteiger partial charge in [-0.05, 0) is 17.5 Å². The number of carbonyl (C=O) groups is 1. The molecule has 1 aromatic carbocycles. The van der Waals surface area contributed by atoms with Crippen molar-refractivity contribution in [2.75, 3.05) is 0 Å². The number of carboxylic acids is 1. The molecule has 0 aliphatic rings. The molecule has 5 heteroatoms. The summed E-state index contributed by atoms with van der Waals surface area (Å²) < 4.78 is 5.16. The second-order valence-electron chi connectivity index (χ2n) is 5.60. The van der Waals surface area contributed by atoms with Crippen LogP contribution in [0, 0.1) is 5.41 Å². The monoisotopic (exact) mass is 260 g/mol. The molecule has 2 rings (SSSR count). The van der Waals surface area contributed by atoms with Crippen molar-refractivity contribution in [1.29, 1.82) is 0 Å². The van der Waals surface area contributed by atoms with Gasteiger partial charge in [0.25, 0.3) is 5.89 Å². The Balaban J connectivity index is 2.36. The highest BCUT2D eigenvalue weighted by Gasteiger charge is 2.19. The van der Waals surface area contributed by atoms with Crippen LogP contribution in [0.5, 0.6) is 0 Å². The summed E-state index contributed by atoms with van der Waals surface area (Å²) >= 11 is 0. The maximum absolute atomic E-state index is 11.1. The van der Waals surface area contributed by atoms with Gasteiger partial charge in [-0.1, -0.05) is 38.1 Å². The summed E-state index contributed by atoms with van der Waals surface area (Å²) in [4.78, 5) is 15.4. The molecule has 0 bridgehead atoms. The third-order valence-electron chi connectivity index (χ3n) is 2.54. The normalized spacial score (nSPS) is 11.5. The number of benzene rings is 1. The van der Waals surface area contributed by atoms with E-state index < -0.39 is 5.97 Å². The molecule has 0 radical (unpaired) electrons. The molecule has 0 saturated carbocycles. The van der Waals surface area contributed by atoms with Crippen LogP contribution < -0.4 is 0 Å². The lowest BCUT2D eigenvalue weighted by atomic mass is 9.92. The predicted molar refractivity (Wildman–Crippen MR) is 69.9 cm³/mol. The minimum atomic E-state index is -1.01. The summed E-state index contributed by atoms with van der Waals surface area (Å²) in [5, 5.41) is 13.0. The van der Waals surface area contributed by atoms with Gasteiger partial charge in [0.15, 0.2) is 5.82 Å². The molecule has 0 amide bonds. The molecular formula is C14H16N2O3. The van der Waals surface area contributed by atoms with Gasteiger partial charge < -0.3 is 9.63 Å². The topological polar surface area (TPSA) is 76.2 Å². The molecule has 0 aliphatic carbocycles. The largest absolute Gasteiger partial charge is 0.478 e. The van der Waals surface area contributed by atoms with Crippen molar-refractivity contribution in [2.24, 2.45) is 5.41 Å². The van der Waals surface area contributed by atoms with Gasteiger partial charge in [-0.15, -0.1) is 0 Å². The number of aromatic carboxylic acids is 1. The second-order valence-corrected chi connectivity index (χ2v) is 5.60. The molecule has 1 heterocycles. The van der Waals surface area contributed by atoms with Crippen molar-refractivity contribution in [3.05, 3.63) is 35.7 Å². The van der Waals surface area contributed by atoms with E-state index >= 15 is 0 Å². The number of rotatable bonds is 3. The Kier molecular flexibility index (Phi) is 3.38. The van der Waals surface area contributed by atoms with Crippen LogP contribution >= 0.6 is 0 Å². The first-order valence-corrected chi connectivity index (χ1v) is 6.02. The van der Waals surface area contributed by atoms with Crippen LogP contribution in [0.1, 0.15) is 37.0 Å². The highest BCUT2D eigenvalue weighted by Crippen LogP contribution is 2.24. The number of nitrogens with zero attached hydrogens (tertiary/aromatic N) is 2. The lowest BCUT2D eigenvalue weighted by molar-refractivity contribution is 0.0697. The molecule has 5 nitrogen and oxygen atoms in total. The predicted octanol–water partition coefficient (Wildman–Crippen LogP) is 3.02. The van der Waals surface area contributed by atoms with Crippen molar-refractivity contribution in [1.82, 2.24) is 10.1 Å². The Morgan fingerprint density at radius 3 is 2.63 bits per heavy atom. The van der Waals surface area contributed by atoms with E-state index in [1.54, 1.807) is 18.2 Å². The molecule has 0 atom stereocenters. The van der Waals surface area contributed by atoms with E-state index in [4.69, 9.17) is 9.63 Å². The fourth-order valence-corrected chi connectivity index (χ4v) is 1.77. The van der Waals surface area contributed by atoms with Crippen LogP contribution in [-0.4, -0.2) is 21.2 Å².